The molecule has 0 spiro atoms. The fourth-order valence-electron chi connectivity index (χ4n) is 2.40. The van der Waals surface area contributed by atoms with Crippen LogP contribution in [-0.2, 0) is 11.2 Å². The predicted octanol–water partition coefficient (Wildman–Crippen LogP) is 4.68. The summed E-state index contributed by atoms with van der Waals surface area (Å²) >= 11 is 1.50. The minimum atomic E-state index is -0.0569. The first-order valence-electron chi connectivity index (χ1n) is 7.74. The molecule has 122 valence electrons. The van der Waals surface area contributed by atoms with E-state index in [-0.39, 0.29) is 12.3 Å². The number of benzene rings is 2. The van der Waals surface area contributed by atoms with Crippen molar-refractivity contribution < 1.29 is 4.79 Å². The van der Waals surface area contributed by atoms with Gasteiger partial charge in [0, 0.05) is 16.8 Å². The molecule has 24 heavy (non-hydrogen) atoms. The molecule has 0 bridgehead atoms. The number of hydrogen-bond donors (Lipinski definition) is 2. The fourth-order valence-corrected chi connectivity index (χ4v) is 3.13. The van der Waals surface area contributed by atoms with Crippen LogP contribution in [0.4, 0.5) is 16.5 Å². The second-order valence-corrected chi connectivity index (χ2v) is 6.54. The lowest BCUT2D eigenvalue weighted by atomic mass is 10.1. The number of carbonyl (C=O) groups is 1. The van der Waals surface area contributed by atoms with Crippen LogP contribution in [-0.4, -0.2) is 10.9 Å². The van der Waals surface area contributed by atoms with Crippen LogP contribution < -0.4 is 10.6 Å². The van der Waals surface area contributed by atoms with E-state index >= 15 is 0 Å². The summed E-state index contributed by atoms with van der Waals surface area (Å²) in [6, 6.07) is 15.8. The average Bonchev–Trinajstić information content (AvgIpc) is 2.98. The van der Waals surface area contributed by atoms with E-state index in [2.05, 4.69) is 21.7 Å². The molecule has 0 aliphatic rings. The van der Waals surface area contributed by atoms with E-state index in [9.17, 15) is 4.79 Å². The highest BCUT2D eigenvalue weighted by Crippen LogP contribution is 2.21. The minimum absolute atomic E-state index is 0.0569. The van der Waals surface area contributed by atoms with E-state index < -0.39 is 0 Å². The molecule has 1 aromatic heterocycles. The van der Waals surface area contributed by atoms with E-state index in [0.29, 0.717) is 0 Å². The van der Waals surface area contributed by atoms with Crippen LogP contribution in [0.3, 0.4) is 0 Å². The van der Waals surface area contributed by atoms with Gasteiger partial charge in [0.05, 0.1) is 12.1 Å². The number of thiazole rings is 1. The molecule has 2 aromatic carbocycles. The average molecular weight is 337 g/mol. The van der Waals surface area contributed by atoms with Gasteiger partial charge in [0.2, 0.25) is 5.91 Å². The van der Waals surface area contributed by atoms with E-state index in [4.69, 9.17) is 0 Å². The molecular formula is C19H19N3OS. The van der Waals surface area contributed by atoms with Crippen molar-refractivity contribution in [1.82, 2.24) is 4.98 Å². The number of hydrogen-bond acceptors (Lipinski definition) is 4. The third-order valence-corrected chi connectivity index (χ3v) is 4.38. The van der Waals surface area contributed by atoms with Gasteiger partial charge in [0.1, 0.15) is 0 Å². The standard InChI is InChI=1S/C19H19N3OS/c1-13-8-9-17(14(2)10-13)22-18(23)11-16-12-24-19(21-16)20-15-6-4-3-5-7-15/h3-10,12H,11H2,1-2H3,(H,20,21)(H,22,23). The van der Waals surface area contributed by atoms with Gasteiger partial charge in [-0.15, -0.1) is 11.3 Å². The molecule has 1 heterocycles. The molecule has 0 radical (unpaired) electrons. The van der Waals surface area contributed by atoms with Crippen LogP contribution >= 0.6 is 11.3 Å². The van der Waals surface area contributed by atoms with Gasteiger partial charge in [-0.05, 0) is 37.6 Å². The summed E-state index contributed by atoms with van der Waals surface area (Å²) in [6.07, 6.45) is 0.264. The van der Waals surface area contributed by atoms with Gasteiger partial charge in [0.25, 0.3) is 0 Å². The monoisotopic (exact) mass is 337 g/mol. The summed E-state index contributed by atoms with van der Waals surface area (Å²) < 4.78 is 0. The molecule has 0 aliphatic carbocycles. The number of nitrogens with zero attached hydrogens (tertiary/aromatic N) is 1. The molecule has 0 saturated carbocycles. The molecule has 3 rings (SSSR count). The lowest BCUT2D eigenvalue weighted by Crippen LogP contribution is -2.15. The summed E-state index contributed by atoms with van der Waals surface area (Å²) in [5.41, 5.74) is 4.84. The van der Waals surface area contributed by atoms with Gasteiger partial charge < -0.3 is 10.6 Å². The Bertz CT molecular complexity index is 843. The summed E-state index contributed by atoms with van der Waals surface area (Å²) in [6.45, 7) is 4.03. The second kappa shape index (κ2) is 7.27. The zero-order valence-corrected chi connectivity index (χ0v) is 14.5. The first kappa shape index (κ1) is 16.2. The van der Waals surface area contributed by atoms with Crippen molar-refractivity contribution in [2.24, 2.45) is 0 Å². The molecule has 0 aliphatic heterocycles. The van der Waals surface area contributed by atoms with E-state index in [1.54, 1.807) is 0 Å². The van der Waals surface area contributed by atoms with Gasteiger partial charge >= 0.3 is 0 Å². The van der Waals surface area contributed by atoms with Crippen molar-refractivity contribution in [3.63, 3.8) is 0 Å². The van der Waals surface area contributed by atoms with Crippen molar-refractivity contribution in [3.05, 3.63) is 70.7 Å². The van der Waals surface area contributed by atoms with Gasteiger partial charge in [0.15, 0.2) is 5.13 Å². The molecule has 0 atom stereocenters. The van der Waals surface area contributed by atoms with Crippen LogP contribution in [0.15, 0.2) is 53.9 Å². The number of aryl methyl sites for hydroxylation is 2. The maximum absolute atomic E-state index is 12.2. The number of rotatable bonds is 5. The number of carbonyl (C=O) groups excluding carboxylic acids is 1. The fraction of sp³-hybridized carbons (Fsp3) is 0.158. The molecule has 0 saturated heterocycles. The van der Waals surface area contributed by atoms with Gasteiger partial charge in [-0.25, -0.2) is 4.98 Å². The Labute approximate surface area is 145 Å². The third kappa shape index (κ3) is 4.20. The first-order chi connectivity index (χ1) is 11.6. The Morgan fingerprint density at radius 3 is 2.67 bits per heavy atom. The van der Waals surface area contributed by atoms with Crippen LogP contribution in [0.25, 0.3) is 0 Å². The van der Waals surface area contributed by atoms with Crippen LogP contribution in [0.2, 0.25) is 0 Å². The molecular weight excluding hydrogens is 318 g/mol. The Morgan fingerprint density at radius 2 is 1.92 bits per heavy atom. The molecule has 1 amide bonds. The zero-order valence-electron chi connectivity index (χ0n) is 13.7. The SMILES string of the molecule is Cc1ccc(NC(=O)Cc2csc(Nc3ccccc3)n2)c(C)c1. The summed E-state index contributed by atoms with van der Waals surface area (Å²) in [4.78, 5) is 16.7. The highest BCUT2D eigenvalue weighted by Gasteiger charge is 2.09. The largest absolute Gasteiger partial charge is 0.332 e. The predicted molar refractivity (Wildman–Crippen MR) is 100 cm³/mol. The molecule has 3 aromatic rings. The minimum Gasteiger partial charge on any atom is -0.332 e. The quantitative estimate of drug-likeness (QED) is 0.710. The van der Waals surface area contributed by atoms with E-state index in [0.717, 1.165) is 27.8 Å². The number of aromatic nitrogens is 1. The number of para-hydroxylation sites is 1. The maximum Gasteiger partial charge on any atom is 0.230 e. The zero-order chi connectivity index (χ0) is 16.9. The topological polar surface area (TPSA) is 54.0 Å². The number of anilines is 3. The molecule has 2 N–H and O–H groups in total. The van der Waals surface area contributed by atoms with E-state index in [1.807, 2.05) is 61.7 Å². The van der Waals surface area contributed by atoms with E-state index in [1.165, 1.54) is 16.9 Å². The number of amides is 1. The first-order valence-corrected chi connectivity index (χ1v) is 8.62. The van der Waals surface area contributed by atoms with Gasteiger partial charge in [-0.1, -0.05) is 35.9 Å². The smallest absolute Gasteiger partial charge is 0.230 e. The maximum atomic E-state index is 12.2. The highest BCUT2D eigenvalue weighted by molar-refractivity contribution is 7.13. The molecule has 0 unspecified atom stereocenters. The normalized spacial score (nSPS) is 10.4. The lowest BCUT2D eigenvalue weighted by molar-refractivity contribution is -0.115. The Kier molecular flexibility index (Phi) is 4.91. The molecule has 4 nitrogen and oxygen atoms in total. The Hall–Kier alpha value is -2.66. The van der Waals surface area contributed by atoms with Gasteiger partial charge in [-0.3, -0.25) is 4.79 Å². The summed E-state index contributed by atoms with van der Waals surface area (Å²) in [5.74, 6) is -0.0569. The van der Waals surface area contributed by atoms with Crippen LogP contribution in [0.5, 0.6) is 0 Å². The summed E-state index contributed by atoms with van der Waals surface area (Å²) in [5, 5.41) is 8.89. The summed E-state index contributed by atoms with van der Waals surface area (Å²) in [7, 11) is 0. The van der Waals surface area contributed by atoms with Crippen molar-refractivity contribution in [2.45, 2.75) is 20.3 Å². The van der Waals surface area contributed by atoms with Crippen molar-refractivity contribution in [2.75, 3.05) is 10.6 Å². The highest BCUT2D eigenvalue weighted by atomic mass is 32.1. The van der Waals surface area contributed by atoms with Crippen LogP contribution in [0, 0.1) is 13.8 Å². The second-order valence-electron chi connectivity index (χ2n) is 5.68. The van der Waals surface area contributed by atoms with Crippen molar-refractivity contribution >= 4 is 33.8 Å². The molecule has 5 heteroatoms. The Balaban J connectivity index is 1.61. The van der Waals surface area contributed by atoms with Gasteiger partial charge in [-0.2, -0.15) is 0 Å². The van der Waals surface area contributed by atoms with Crippen molar-refractivity contribution in [3.8, 4) is 0 Å². The molecule has 0 fully saturated rings. The van der Waals surface area contributed by atoms with Crippen LogP contribution in [0.1, 0.15) is 16.8 Å². The number of nitrogens with one attached hydrogen (secondary N) is 2. The third-order valence-electron chi connectivity index (χ3n) is 3.57. The van der Waals surface area contributed by atoms with Crippen molar-refractivity contribution in [1.29, 1.82) is 0 Å². The lowest BCUT2D eigenvalue weighted by Gasteiger charge is -2.08. The Morgan fingerprint density at radius 1 is 1.12 bits per heavy atom.